The zero-order valence-electron chi connectivity index (χ0n) is 14.1. The average Bonchev–Trinajstić information content (AvgIpc) is 3.06. The minimum atomic E-state index is -5.08. The number of fused-ring (bicyclic) bond motifs is 2. The van der Waals surface area contributed by atoms with Gasteiger partial charge in [0.1, 0.15) is 0 Å². The van der Waals surface area contributed by atoms with Crippen molar-refractivity contribution in [3.05, 3.63) is 21.9 Å². The molecule has 1 aliphatic heterocycles. The van der Waals surface area contributed by atoms with Crippen molar-refractivity contribution in [1.82, 2.24) is 4.90 Å². The molecule has 1 saturated carbocycles. The lowest BCUT2D eigenvalue weighted by Gasteiger charge is -2.30. The fraction of sp³-hybridized carbons (Fsp3) is 0.688. The quantitative estimate of drug-likeness (QED) is 0.872. The Balaban J connectivity index is 0.000000277. The van der Waals surface area contributed by atoms with Gasteiger partial charge in [-0.15, -0.1) is 11.3 Å². The lowest BCUT2D eigenvalue weighted by Crippen LogP contribution is -2.42. The Hall–Kier alpha value is -1.16. The average molecular weight is 381 g/mol. The molecule has 3 atom stereocenters. The lowest BCUT2D eigenvalue weighted by molar-refractivity contribution is -0.192. The highest BCUT2D eigenvalue weighted by molar-refractivity contribution is 7.10. The number of nitrogens with zero attached hydrogens (tertiary/aromatic N) is 1. The van der Waals surface area contributed by atoms with E-state index in [0.717, 1.165) is 26.1 Å². The topological polar surface area (TPSA) is 59.0 Å². The van der Waals surface area contributed by atoms with Gasteiger partial charge in [0.2, 0.25) is 0 Å². The zero-order valence-corrected chi connectivity index (χ0v) is 14.9. The van der Waals surface area contributed by atoms with Gasteiger partial charge in [-0.2, -0.15) is 13.2 Å². The second kappa shape index (κ2) is 8.48. The van der Waals surface area contributed by atoms with Gasteiger partial charge < -0.3 is 14.6 Å². The van der Waals surface area contributed by atoms with Crippen LogP contribution in [0.25, 0.3) is 0 Å². The molecule has 2 aliphatic rings. The number of thiophene rings is 1. The number of alkyl halides is 3. The molecule has 3 unspecified atom stereocenters. The van der Waals surface area contributed by atoms with E-state index in [9.17, 15) is 13.2 Å². The Morgan fingerprint density at radius 3 is 2.68 bits per heavy atom. The predicted molar refractivity (Wildman–Crippen MR) is 86.7 cm³/mol. The van der Waals surface area contributed by atoms with Crippen LogP contribution in [0, 0.1) is 6.92 Å². The SMILES string of the molecule is COC1C2CCC1N(Cc1sccc1C)CCO2.O=C(O)C(F)(F)F. The van der Waals surface area contributed by atoms with Crippen molar-refractivity contribution in [2.24, 2.45) is 0 Å². The minimum Gasteiger partial charge on any atom is -0.475 e. The van der Waals surface area contributed by atoms with E-state index < -0.39 is 12.1 Å². The molecule has 1 aliphatic carbocycles. The van der Waals surface area contributed by atoms with E-state index in [-0.39, 0.29) is 6.10 Å². The van der Waals surface area contributed by atoms with E-state index >= 15 is 0 Å². The van der Waals surface area contributed by atoms with Crippen LogP contribution in [0.5, 0.6) is 0 Å². The molecule has 5 nitrogen and oxygen atoms in total. The maximum atomic E-state index is 10.6. The normalized spacial score (nSPS) is 26.7. The molecule has 0 aromatic carbocycles. The molecule has 9 heteroatoms. The molecule has 3 rings (SSSR count). The fourth-order valence-corrected chi connectivity index (χ4v) is 4.15. The van der Waals surface area contributed by atoms with Crippen molar-refractivity contribution >= 4 is 17.3 Å². The first-order valence-electron chi connectivity index (χ1n) is 7.95. The smallest absolute Gasteiger partial charge is 0.475 e. The lowest BCUT2D eigenvalue weighted by atomic mass is 10.1. The zero-order chi connectivity index (χ0) is 18.6. The van der Waals surface area contributed by atoms with Crippen molar-refractivity contribution in [1.29, 1.82) is 0 Å². The molecule has 0 radical (unpaired) electrons. The first kappa shape index (κ1) is 20.2. The van der Waals surface area contributed by atoms with Crippen molar-refractivity contribution in [2.75, 3.05) is 20.3 Å². The molecule has 2 bridgehead atoms. The summed E-state index contributed by atoms with van der Waals surface area (Å²) in [5.74, 6) is -2.76. The van der Waals surface area contributed by atoms with Crippen molar-refractivity contribution < 1.29 is 32.5 Å². The van der Waals surface area contributed by atoms with Gasteiger partial charge in [-0.3, -0.25) is 4.90 Å². The predicted octanol–water partition coefficient (Wildman–Crippen LogP) is 3.07. The monoisotopic (exact) mass is 381 g/mol. The van der Waals surface area contributed by atoms with Gasteiger partial charge in [0.05, 0.1) is 18.8 Å². The number of rotatable bonds is 3. The van der Waals surface area contributed by atoms with Gasteiger partial charge in [0.25, 0.3) is 0 Å². The van der Waals surface area contributed by atoms with Crippen molar-refractivity contribution in [3.8, 4) is 0 Å². The van der Waals surface area contributed by atoms with Crippen LogP contribution in [0.2, 0.25) is 0 Å². The Morgan fingerprint density at radius 2 is 2.16 bits per heavy atom. The number of hydrogen-bond donors (Lipinski definition) is 1. The third-order valence-electron chi connectivity index (χ3n) is 4.50. The highest BCUT2D eigenvalue weighted by Gasteiger charge is 2.42. The van der Waals surface area contributed by atoms with Crippen molar-refractivity contribution in [2.45, 2.75) is 50.7 Å². The van der Waals surface area contributed by atoms with E-state index in [1.807, 2.05) is 18.4 Å². The van der Waals surface area contributed by atoms with Gasteiger partial charge in [0.15, 0.2) is 0 Å². The summed E-state index contributed by atoms with van der Waals surface area (Å²) in [6.07, 6.45) is -2.17. The summed E-state index contributed by atoms with van der Waals surface area (Å²) in [6, 6.07) is 2.74. The second-order valence-electron chi connectivity index (χ2n) is 6.05. The number of carbonyl (C=O) groups is 1. The van der Waals surface area contributed by atoms with Gasteiger partial charge in [0, 0.05) is 31.1 Å². The van der Waals surface area contributed by atoms with Crippen LogP contribution in [-0.4, -0.2) is 60.7 Å². The molecule has 142 valence electrons. The first-order chi connectivity index (χ1) is 11.7. The fourth-order valence-electron chi connectivity index (χ4n) is 3.22. The van der Waals surface area contributed by atoms with E-state index in [2.05, 4.69) is 23.3 Å². The number of ether oxygens (including phenoxy) is 2. The third-order valence-corrected chi connectivity index (χ3v) is 5.51. The summed E-state index contributed by atoms with van der Waals surface area (Å²) < 4.78 is 43.3. The van der Waals surface area contributed by atoms with E-state index in [1.165, 1.54) is 16.9 Å². The van der Waals surface area contributed by atoms with Crippen LogP contribution in [0.15, 0.2) is 11.4 Å². The molecule has 2 heterocycles. The summed E-state index contributed by atoms with van der Waals surface area (Å²) in [5.41, 5.74) is 1.41. The van der Waals surface area contributed by atoms with Crippen LogP contribution >= 0.6 is 11.3 Å². The number of aryl methyl sites for hydroxylation is 1. The van der Waals surface area contributed by atoms with Gasteiger partial charge in [-0.05, 0) is 36.8 Å². The maximum Gasteiger partial charge on any atom is 0.490 e. The van der Waals surface area contributed by atoms with E-state index in [0.29, 0.717) is 12.1 Å². The molecular weight excluding hydrogens is 359 g/mol. The molecule has 1 N–H and O–H groups in total. The summed E-state index contributed by atoms with van der Waals surface area (Å²) >= 11 is 1.86. The maximum absolute atomic E-state index is 10.6. The number of halogens is 3. The number of hydrogen-bond acceptors (Lipinski definition) is 5. The van der Waals surface area contributed by atoms with Crippen molar-refractivity contribution in [3.63, 3.8) is 0 Å². The van der Waals surface area contributed by atoms with E-state index in [1.54, 1.807) is 0 Å². The number of carboxylic acid groups (broad SMARTS) is 1. The van der Waals surface area contributed by atoms with Crippen LogP contribution in [0.4, 0.5) is 13.2 Å². The standard InChI is InChI=1S/C14H21NO2S.C2HF3O2/c1-10-5-8-18-13(10)9-15-6-7-17-12-4-3-11(15)14(12)16-2;3-2(4,5)1(6)7/h5,8,11-12,14H,3-4,6-7,9H2,1-2H3;(H,6,7). The summed E-state index contributed by atoms with van der Waals surface area (Å²) in [4.78, 5) is 12.9. The highest BCUT2D eigenvalue weighted by Crippen LogP contribution is 2.33. The van der Waals surface area contributed by atoms with Crippen LogP contribution in [0.3, 0.4) is 0 Å². The largest absolute Gasteiger partial charge is 0.490 e. The Labute approximate surface area is 148 Å². The first-order valence-corrected chi connectivity index (χ1v) is 8.83. The van der Waals surface area contributed by atoms with E-state index in [4.69, 9.17) is 19.4 Å². The molecule has 2 fully saturated rings. The summed E-state index contributed by atoms with van der Waals surface area (Å²) in [7, 11) is 1.82. The van der Waals surface area contributed by atoms with Crippen LogP contribution in [0.1, 0.15) is 23.3 Å². The molecule has 1 saturated heterocycles. The summed E-state index contributed by atoms with van der Waals surface area (Å²) in [6.45, 7) is 5.11. The number of aliphatic carboxylic acids is 1. The van der Waals surface area contributed by atoms with Crippen LogP contribution in [-0.2, 0) is 20.8 Å². The van der Waals surface area contributed by atoms with Gasteiger partial charge in [-0.25, -0.2) is 4.79 Å². The van der Waals surface area contributed by atoms with Crippen LogP contribution < -0.4 is 0 Å². The number of methoxy groups -OCH3 is 1. The van der Waals surface area contributed by atoms with Gasteiger partial charge in [-0.1, -0.05) is 0 Å². The molecule has 25 heavy (non-hydrogen) atoms. The second-order valence-corrected chi connectivity index (χ2v) is 7.06. The van der Waals surface area contributed by atoms with Gasteiger partial charge >= 0.3 is 12.1 Å². The third kappa shape index (κ3) is 5.16. The summed E-state index contributed by atoms with van der Waals surface area (Å²) in [5, 5.41) is 9.31. The Morgan fingerprint density at radius 1 is 1.48 bits per heavy atom. The molecular formula is C16H22F3NO4S. The highest BCUT2D eigenvalue weighted by atomic mass is 32.1. The molecule has 1 aromatic heterocycles. The number of carboxylic acids is 1. The molecule has 0 amide bonds. The molecule has 1 aromatic rings. The minimum absolute atomic E-state index is 0.257. The Kier molecular flexibility index (Phi) is 6.84. The molecule has 0 spiro atoms. The Bertz CT molecular complexity index is 578.